The summed E-state index contributed by atoms with van der Waals surface area (Å²) in [6.45, 7) is 10.7. The lowest BCUT2D eigenvalue weighted by Gasteiger charge is -2.29. The molecule has 0 bridgehead atoms. The summed E-state index contributed by atoms with van der Waals surface area (Å²) < 4.78 is 16.7. The lowest BCUT2D eigenvalue weighted by Crippen LogP contribution is -2.38. The SMILES string of the molecule is CCOc1ccc(C2/C(=C(/O)c3ccc(OC(C)C)cc3)C(=O)C(=O)N2CCCN2CCOCC2)cc1. The van der Waals surface area contributed by atoms with Crippen molar-refractivity contribution in [1.29, 1.82) is 0 Å². The van der Waals surface area contributed by atoms with Gasteiger partial charge in [0.2, 0.25) is 0 Å². The fourth-order valence-corrected chi connectivity index (χ4v) is 4.78. The molecule has 1 unspecified atom stereocenters. The van der Waals surface area contributed by atoms with Crippen molar-refractivity contribution in [3.63, 3.8) is 0 Å². The van der Waals surface area contributed by atoms with Gasteiger partial charge >= 0.3 is 0 Å². The highest BCUT2D eigenvalue weighted by Gasteiger charge is 2.45. The summed E-state index contributed by atoms with van der Waals surface area (Å²) in [5, 5.41) is 11.3. The first-order valence-electron chi connectivity index (χ1n) is 13.0. The van der Waals surface area contributed by atoms with Gasteiger partial charge in [0.05, 0.1) is 37.5 Å². The van der Waals surface area contributed by atoms with Gasteiger partial charge < -0.3 is 24.2 Å². The molecule has 2 aliphatic heterocycles. The number of ketones is 1. The summed E-state index contributed by atoms with van der Waals surface area (Å²) in [5.74, 6) is -0.0918. The molecule has 4 rings (SSSR count). The molecule has 0 radical (unpaired) electrons. The number of hydrogen-bond acceptors (Lipinski definition) is 7. The van der Waals surface area contributed by atoms with Crippen LogP contribution in [-0.2, 0) is 14.3 Å². The molecule has 2 aliphatic rings. The summed E-state index contributed by atoms with van der Waals surface area (Å²) >= 11 is 0. The van der Waals surface area contributed by atoms with Gasteiger partial charge in [-0.05, 0) is 69.2 Å². The number of aliphatic hydroxyl groups excluding tert-OH is 1. The smallest absolute Gasteiger partial charge is 0.295 e. The first-order valence-corrected chi connectivity index (χ1v) is 13.0. The van der Waals surface area contributed by atoms with E-state index in [0.29, 0.717) is 49.8 Å². The van der Waals surface area contributed by atoms with Crippen molar-refractivity contribution in [3.8, 4) is 11.5 Å². The van der Waals surface area contributed by atoms with Crippen molar-refractivity contribution in [2.24, 2.45) is 0 Å². The van der Waals surface area contributed by atoms with Gasteiger partial charge in [-0.1, -0.05) is 12.1 Å². The van der Waals surface area contributed by atoms with Gasteiger partial charge in [0.25, 0.3) is 11.7 Å². The van der Waals surface area contributed by atoms with E-state index in [9.17, 15) is 14.7 Å². The molecule has 0 aromatic heterocycles. The number of benzene rings is 2. The average molecular weight is 509 g/mol. The number of rotatable bonds is 10. The van der Waals surface area contributed by atoms with E-state index in [4.69, 9.17) is 14.2 Å². The molecule has 1 N–H and O–H groups in total. The molecule has 2 heterocycles. The molecule has 2 aromatic rings. The number of morpholine rings is 1. The highest BCUT2D eigenvalue weighted by Crippen LogP contribution is 2.40. The van der Waals surface area contributed by atoms with Crippen LogP contribution in [-0.4, -0.2) is 78.7 Å². The van der Waals surface area contributed by atoms with Crippen LogP contribution in [0.25, 0.3) is 5.76 Å². The normalized spacial score (nSPS) is 20.0. The molecular formula is C29H36N2O6. The Hall–Kier alpha value is -3.36. The van der Waals surface area contributed by atoms with Crippen molar-refractivity contribution in [2.75, 3.05) is 46.0 Å². The maximum absolute atomic E-state index is 13.3. The summed E-state index contributed by atoms with van der Waals surface area (Å²) in [4.78, 5) is 30.4. The number of Topliss-reactive ketones (excluding diaryl/α,β-unsaturated/α-hetero) is 1. The minimum atomic E-state index is -0.688. The van der Waals surface area contributed by atoms with E-state index in [-0.39, 0.29) is 17.4 Å². The first-order chi connectivity index (χ1) is 17.9. The molecular weight excluding hydrogens is 472 g/mol. The summed E-state index contributed by atoms with van der Waals surface area (Å²) in [6.07, 6.45) is 0.726. The van der Waals surface area contributed by atoms with E-state index in [2.05, 4.69) is 4.90 Å². The molecule has 8 nitrogen and oxygen atoms in total. The van der Waals surface area contributed by atoms with Crippen molar-refractivity contribution in [3.05, 3.63) is 65.2 Å². The van der Waals surface area contributed by atoms with Gasteiger partial charge in [0.15, 0.2) is 0 Å². The van der Waals surface area contributed by atoms with Crippen LogP contribution in [0.15, 0.2) is 54.1 Å². The molecule has 0 aliphatic carbocycles. The second-order valence-corrected chi connectivity index (χ2v) is 9.49. The number of likely N-dealkylation sites (tertiary alicyclic amines) is 1. The van der Waals surface area contributed by atoms with Crippen LogP contribution in [0.3, 0.4) is 0 Å². The third-order valence-electron chi connectivity index (χ3n) is 6.52. The third-order valence-corrected chi connectivity index (χ3v) is 6.52. The van der Waals surface area contributed by atoms with E-state index in [0.717, 1.165) is 25.2 Å². The number of ether oxygens (including phenoxy) is 3. The Morgan fingerprint density at radius 2 is 1.65 bits per heavy atom. The minimum Gasteiger partial charge on any atom is -0.507 e. The lowest BCUT2D eigenvalue weighted by atomic mass is 9.95. The minimum absolute atomic E-state index is 0.0156. The lowest BCUT2D eigenvalue weighted by molar-refractivity contribution is -0.140. The topological polar surface area (TPSA) is 88.5 Å². The average Bonchev–Trinajstić information content (AvgIpc) is 3.15. The molecule has 8 heteroatoms. The van der Waals surface area contributed by atoms with Gasteiger partial charge in [-0.2, -0.15) is 0 Å². The Morgan fingerprint density at radius 3 is 2.27 bits per heavy atom. The number of carbonyl (C=O) groups is 2. The van der Waals surface area contributed by atoms with Crippen molar-refractivity contribution < 1.29 is 28.9 Å². The largest absolute Gasteiger partial charge is 0.507 e. The van der Waals surface area contributed by atoms with Crippen LogP contribution in [0.2, 0.25) is 0 Å². The van der Waals surface area contributed by atoms with Crippen molar-refractivity contribution in [1.82, 2.24) is 9.80 Å². The predicted molar refractivity (Wildman–Crippen MR) is 141 cm³/mol. The Bertz CT molecular complexity index is 1100. The third kappa shape index (κ3) is 6.32. The maximum Gasteiger partial charge on any atom is 0.295 e. The van der Waals surface area contributed by atoms with Gasteiger partial charge in [-0.3, -0.25) is 14.5 Å². The number of amides is 1. The predicted octanol–water partition coefficient (Wildman–Crippen LogP) is 4.02. The first kappa shape index (κ1) is 26.7. The van der Waals surface area contributed by atoms with Crippen LogP contribution in [0, 0.1) is 0 Å². The van der Waals surface area contributed by atoms with E-state index in [1.165, 1.54) is 0 Å². The van der Waals surface area contributed by atoms with Gasteiger partial charge in [-0.15, -0.1) is 0 Å². The van der Waals surface area contributed by atoms with Crippen LogP contribution in [0.4, 0.5) is 0 Å². The Kier molecular flexibility index (Phi) is 8.84. The van der Waals surface area contributed by atoms with E-state index < -0.39 is 17.7 Å². The highest BCUT2D eigenvalue weighted by molar-refractivity contribution is 6.46. The van der Waals surface area contributed by atoms with Gasteiger partial charge in [0.1, 0.15) is 17.3 Å². The van der Waals surface area contributed by atoms with E-state index >= 15 is 0 Å². The molecule has 2 saturated heterocycles. The fraction of sp³-hybridized carbons (Fsp3) is 0.448. The molecule has 198 valence electrons. The quantitative estimate of drug-likeness (QED) is 0.295. The molecule has 1 atom stereocenters. The molecule has 37 heavy (non-hydrogen) atoms. The zero-order valence-corrected chi connectivity index (χ0v) is 21.8. The monoisotopic (exact) mass is 508 g/mol. The zero-order valence-electron chi connectivity index (χ0n) is 21.8. The molecule has 2 fully saturated rings. The summed E-state index contributed by atoms with van der Waals surface area (Å²) in [6, 6.07) is 13.6. The van der Waals surface area contributed by atoms with E-state index in [1.54, 1.807) is 29.2 Å². The molecule has 2 aromatic carbocycles. The highest BCUT2D eigenvalue weighted by atomic mass is 16.5. The molecule has 0 saturated carbocycles. The number of hydrogen-bond donors (Lipinski definition) is 1. The van der Waals surface area contributed by atoms with Gasteiger partial charge in [0, 0.05) is 31.7 Å². The van der Waals surface area contributed by atoms with E-state index in [1.807, 2.05) is 45.0 Å². The zero-order chi connectivity index (χ0) is 26.4. The van der Waals surface area contributed by atoms with Crippen molar-refractivity contribution >= 4 is 17.4 Å². The van der Waals surface area contributed by atoms with Crippen LogP contribution in [0.1, 0.15) is 44.4 Å². The number of nitrogens with zero attached hydrogens (tertiary/aromatic N) is 2. The second-order valence-electron chi connectivity index (χ2n) is 9.49. The van der Waals surface area contributed by atoms with Crippen LogP contribution >= 0.6 is 0 Å². The Balaban J connectivity index is 1.65. The molecule has 0 spiro atoms. The maximum atomic E-state index is 13.3. The standard InChI is InChI=1S/C29H36N2O6/c1-4-36-23-10-6-21(7-11-23)26-25(27(32)22-8-12-24(13-9-22)37-20(2)3)28(33)29(34)31(26)15-5-14-30-16-18-35-19-17-30/h6-13,20,26,32H,4-5,14-19H2,1-3H3/b27-25-. The summed E-state index contributed by atoms with van der Waals surface area (Å²) in [5.41, 5.74) is 1.30. The molecule has 1 amide bonds. The van der Waals surface area contributed by atoms with Crippen LogP contribution < -0.4 is 9.47 Å². The number of carbonyl (C=O) groups excluding carboxylic acids is 2. The van der Waals surface area contributed by atoms with Gasteiger partial charge in [-0.25, -0.2) is 0 Å². The number of aliphatic hydroxyl groups is 1. The van der Waals surface area contributed by atoms with Crippen LogP contribution in [0.5, 0.6) is 11.5 Å². The second kappa shape index (κ2) is 12.3. The van der Waals surface area contributed by atoms with Crippen molar-refractivity contribution in [2.45, 2.75) is 39.3 Å². The Morgan fingerprint density at radius 1 is 1.00 bits per heavy atom. The fourth-order valence-electron chi connectivity index (χ4n) is 4.78. The summed E-state index contributed by atoms with van der Waals surface area (Å²) in [7, 11) is 0. The Labute approximate surface area is 218 Å².